The van der Waals surface area contributed by atoms with Crippen LogP contribution in [0.15, 0.2) is 24.4 Å². The summed E-state index contributed by atoms with van der Waals surface area (Å²) in [5.74, 6) is -4.45. The Bertz CT molecular complexity index is 778. The van der Waals surface area contributed by atoms with Crippen LogP contribution in [0.2, 0.25) is 5.02 Å². The van der Waals surface area contributed by atoms with E-state index in [9.17, 15) is 31.4 Å². The van der Waals surface area contributed by atoms with Gasteiger partial charge in [-0.25, -0.2) is 13.2 Å². The minimum absolute atomic E-state index is 0.0378. The fraction of sp³-hybridized carbons (Fsp3) is 0.333. The number of halogens is 7. The normalized spacial score (nSPS) is 20.1. The van der Waals surface area contributed by atoms with Gasteiger partial charge in [-0.2, -0.15) is 13.2 Å². The molecule has 1 aliphatic rings. The standard InChI is InChI=1S/C15H10ClF6NO/c16-7-3-8(17)5-9(4-7)23-6-10(15(20,21)22)12-11(23)1-2-14(18,19)13(12)24/h3-6,13,24H,1-2H2/t13-/m1/s1. The van der Waals surface area contributed by atoms with E-state index in [0.29, 0.717) is 6.20 Å². The number of benzene rings is 1. The number of aliphatic hydroxyl groups is 1. The van der Waals surface area contributed by atoms with Gasteiger partial charge in [-0.15, -0.1) is 0 Å². The minimum atomic E-state index is -4.94. The van der Waals surface area contributed by atoms with Crippen molar-refractivity contribution in [2.45, 2.75) is 31.0 Å². The van der Waals surface area contributed by atoms with Crippen molar-refractivity contribution in [3.05, 3.63) is 52.1 Å². The summed E-state index contributed by atoms with van der Waals surface area (Å²) in [6.45, 7) is 0. The maximum atomic E-state index is 13.7. The third-order valence-corrected chi connectivity index (χ3v) is 4.17. The fourth-order valence-electron chi connectivity index (χ4n) is 2.89. The van der Waals surface area contributed by atoms with Crippen molar-refractivity contribution in [1.82, 2.24) is 4.57 Å². The van der Waals surface area contributed by atoms with Crippen LogP contribution in [0.4, 0.5) is 26.3 Å². The quantitative estimate of drug-likeness (QED) is 0.710. The molecule has 0 unspecified atom stereocenters. The predicted octanol–water partition coefficient (Wildman–Crippen LogP) is 4.90. The van der Waals surface area contributed by atoms with Crippen LogP contribution in [0.3, 0.4) is 0 Å². The molecule has 0 spiro atoms. The molecule has 0 aliphatic heterocycles. The Hall–Kier alpha value is -1.67. The van der Waals surface area contributed by atoms with E-state index in [1.54, 1.807) is 0 Å². The summed E-state index contributed by atoms with van der Waals surface area (Å²) in [7, 11) is 0. The van der Waals surface area contributed by atoms with Crippen LogP contribution in [0.25, 0.3) is 5.69 Å². The van der Waals surface area contributed by atoms with Gasteiger partial charge in [-0.1, -0.05) is 11.6 Å². The Morgan fingerprint density at radius 3 is 2.46 bits per heavy atom. The number of aliphatic hydroxyl groups excluding tert-OH is 1. The Kier molecular flexibility index (Phi) is 3.88. The van der Waals surface area contributed by atoms with Gasteiger partial charge < -0.3 is 9.67 Å². The zero-order valence-electron chi connectivity index (χ0n) is 11.8. The first kappa shape index (κ1) is 17.2. The maximum Gasteiger partial charge on any atom is 0.418 e. The first-order chi connectivity index (χ1) is 11.0. The number of fused-ring (bicyclic) bond motifs is 1. The summed E-state index contributed by atoms with van der Waals surface area (Å²) in [5.41, 5.74) is -2.42. The highest BCUT2D eigenvalue weighted by Gasteiger charge is 2.50. The lowest BCUT2D eigenvalue weighted by molar-refractivity contribution is -0.147. The summed E-state index contributed by atoms with van der Waals surface area (Å²) in [6.07, 6.45) is -8.15. The molecular weight excluding hydrogens is 360 g/mol. The average Bonchev–Trinajstić information content (AvgIpc) is 2.82. The second-order valence-corrected chi connectivity index (χ2v) is 6.00. The Labute approximate surface area is 137 Å². The molecule has 0 fully saturated rings. The van der Waals surface area contributed by atoms with Gasteiger partial charge in [-0.3, -0.25) is 0 Å². The van der Waals surface area contributed by atoms with Crippen molar-refractivity contribution in [3.63, 3.8) is 0 Å². The molecule has 0 saturated heterocycles. The number of aromatic nitrogens is 1. The largest absolute Gasteiger partial charge is 0.418 e. The third kappa shape index (κ3) is 2.77. The van der Waals surface area contributed by atoms with Gasteiger partial charge in [0.25, 0.3) is 5.92 Å². The lowest BCUT2D eigenvalue weighted by atomic mass is 9.89. The second kappa shape index (κ2) is 5.42. The first-order valence-corrected chi connectivity index (χ1v) is 7.22. The molecule has 0 amide bonds. The Morgan fingerprint density at radius 2 is 1.88 bits per heavy atom. The van der Waals surface area contributed by atoms with Gasteiger partial charge in [0, 0.05) is 34.6 Å². The zero-order chi connectivity index (χ0) is 17.9. The SMILES string of the molecule is O[C@@H]1c2c(C(F)(F)F)cn(-c3cc(F)cc(Cl)c3)c2CCC1(F)F. The molecule has 130 valence electrons. The van der Waals surface area contributed by atoms with Gasteiger partial charge in [-0.05, 0) is 24.6 Å². The summed E-state index contributed by atoms with van der Waals surface area (Å²) in [6, 6.07) is 3.12. The number of hydrogen-bond acceptors (Lipinski definition) is 1. The molecule has 1 atom stereocenters. The average molecular weight is 370 g/mol. The van der Waals surface area contributed by atoms with Crippen LogP contribution in [-0.2, 0) is 12.6 Å². The Balaban J connectivity index is 2.27. The van der Waals surface area contributed by atoms with E-state index >= 15 is 0 Å². The van der Waals surface area contributed by atoms with E-state index < -0.39 is 48.0 Å². The van der Waals surface area contributed by atoms with Crippen molar-refractivity contribution in [2.24, 2.45) is 0 Å². The first-order valence-electron chi connectivity index (χ1n) is 6.84. The fourth-order valence-corrected chi connectivity index (χ4v) is 3.11. The molecule has 1 aromatic heterocycles. The van der Waals surface area contributed by atoms with E-state index in [4.69, 9.17) is 11.6 Å². The van der Waals surface area contributed by atoms with E-state index in [0.717, 1.165) is 16.7 Å². The summed E-state index contributed by atoms with van der Waals surface area (Å²) in [5, 5.41) is 9.69. The van der Waals surface area contributed by atoms with E-state index in [2.05, 4.69) is 0 Å². The second-order valence-electron chi connectivity index (χ2n) is 5.56. The molecular formula is C15H10ClF6NO. The van der Waals surface area contributed by atoms with Crippen LogP contribution in [0.1, 0.15) is 29.3 Å². The van der Waals surface area contributed by atoms with Crippen LogP contribution in [0.5, 0.6) is 0 Å². The molecule has 1 heterocycles. The molecule has 9 heteroatoms. The monoisotopic (exact) mass is 369 g/mol. The van der Waals surface area contributed by atoms with Gasteiger partial charge in [0.05, 0.1) is 5.56 Å². The van der Waals surface area contributed by atoms with E-state index in [1.165, 1.54) is 6.07 Å². The lowest BCUT2D eigenvalue weighted by Crippen LogP contribution is -2.33. The topological polar surface area (TPSA) is 25.2 Å². The molecule has 0 bridgehead atoms. The molecule has 1 aliphatic carbocycles. The predicted molar refractivity (Wildman–Crippen MR) is 74.0 cm³/mol. The lowest BCUT2D eigenvalue weighted by Gasteiger charge is -2.29. The Morgan fingerprint density at radius 1 is 1.21 bits per heavy atom. The molecule has 2 aromatic rings. The van der Waals surface area contributed by atoms with Crippen molar-refractivity contribution in [2.75, 3.05) is 0 Å². The number of nitrogens with zero attached hydrogens (tertiary/aromatic N) is 1. The van der Waals surface area contributed by atoms with Crippen molar-refractivity contribution in [3.8, 4) is 5.69 Å². The zero-order valence-corrected chi connectivity index (χ0v) is 12.6. The van der Waals surface area contributed by atoms with Gasteiger partial charge in [0.2, 0.25) is 0 Å². The summed E-state index contributed by atoms with van der Waals surface area (Å²) in [4.78, 5) is 0. The van der Waals surface area contributed by atoms with Crippen LogP contribution < -0.4 is 0 Å². The highest BCUT2D eigenvalue weighted by Crippen LogP contribution is 2.48. The third-order valence-electron chi connectivity index (χ3n) is 3.95. The summed E-state index contributed by atoms with van der Waals surface area (Å²) < 4.78 is 81.5. The van der Waals surface area contributed by atoms with Crippen LogP contribution in [0, 0.1) is 5.82 Å². The molecule has 1 N–H and O–H groups in total. The number of rotatable bonds is 1. The minimum Gasteiger partial charge on any atom is -0.382 e. The van der Waals surface area contributed by atoms with Crippen molar-refractivity contribution < 1.29 is 31.4 Å². The number of alkyl halides is 5. The number of hydrogen-bond donors (Lipinski definition) is 1. The van der Waals surface area contributed by atoms with Crippen molar-refractivity contribution >= 4 is 11.6 Å². The maximum absolute atomic E-state index is 13.7. The molecule has 2 nitrogen and oxygen atoms in total. The van der Waals surface area contributed by atoms with Gasteiger partial charge in [0.15, 0.2) is 0 Å². The van der Waals surface area contributed by atoms with Gasteiger partial charge in [0.1, 0.15) is 11.9 Å². The van der Waals surface area contributed by atoms with E-state index in [1.807, 2.05) is 0 Å². The summed E-state index contributed by atoms with van der Waals surface area (Å²) >= 11 is 5.71. The smallest absolute Gasteiger partial charge is 0.382 e. The van der Waals surface area contributed by atoms with Crippen LogP contribution in [-0.4, -0.2) is 15.6 Å². The molecule has 0 radical (unpaired) electrons. The molecule has 3 rings (SSSR count). The molecule has 1 aromatic carbocycles. The highest BCUT2D eigenvalue weighted by molar-refractivity contribution is 6.30. The van der Waals surface area contributed by atoms with Crippen LogP contribution >= 0.6 is 11.6 Å². The van der Waals surface area contributed by atoms with Crippen molar-refractivity contribution in [1.29, 1.82) is 0 Å². The highest BCUT2D eigenvalue weighted by atomic mass is 35.5. The van der Waals surface area contributed by atoms with E-state index in [-0.39, 0.29) is 16.4 Å². The van der Waals surface area contributed by atoms with Gasteiger partial charge >= 0.3 is 6.18 Å². The molecule has 24 heavy (non-hydrogen) atoms. The molecule has 0 saturated carbocycles.